The first-order valence-corrected chi connectivity index (χ1v) is 9.56. The number of nitrogens with one attached hydrogen (secondary N) is 1. The average molecular weight is 295 g/mol. The van der Waals surface area contributed by atoms with Crippen molar-refractivity contribution in [2.75, 3.05) is 6.16 Å². The standard InChI is InChI=1S/C19H22NP/c1-3-7-17(8-4-1)21(18-9-5-2-6-10-18)14-19-15-11-12-16(13-15)20-19/h1-10,15-16,19-20H,11-14H2/t15-,16+,19+/m0/s1. The normalized spacial score (nSPS) is 27.4. The molecule has 21 heavy (non-hydrogen) atoms. The molecule has 4 rings (SSSR count). The van der Waals surface area contributed by atoms with Crippen molar-refractivity contribution in [1.29, 1.82) is 0 Å². The van der Waals surface area contributed by atoms with E-state index in [1.165, 1.54) is 36.0 Å². The van der Waals surface area contributed by atoms with E-state index < -0.39 is 0 Å². The highest BCUT2D eigenvalue weighted by molar-refractivity contribution is 7.73. The Balaban J connectivity index is 1.61. The molecule has 1 heterocycles. The molecule has 2 bridgehead atoms. The van der Waals surface area contributed by atoms with Gasteiger partial charge in [-0.1, -0.05) is 60.7 Å². The number of benzene rings is 2. The summed E-state index contributed by atoms with van der Waals surface area (Å²) >= 11 is 0. The van der Waals surface area contributed by atoms with Crippen LogP contribution >= 0.6 is 7.92 Å². The Hall–Kier alpha value is -1.17. The third-order valence-corrected chi connectivity index (χ3v) is 7.61. The predicted molar refractivity (Wildman–Crippen MR) is 92.0 cm³/mol. The van der Waals surface area contributed by atoms with Crippen LogP contribution in [0.25, 0.3) is 0 Å². The zero-order valence-electron chi connectivity index (χ0n) is 12.3. The first-order valence-electron chi connectivity index (χ1n) is 8.04. The second-order valence-corrected chi connectivity index (χ2v) is 8.58. The first-order chi connectivity index (χ1) is 10.4. The Morgan fingerprint density at radius 1 is 0.857 bits per heavy atom. The van der Waals surface area contributed by atoms with E-state index in [1.807, 2.05) is 0 Å². The van der Waals surface area contributed by atoms with E-state index in [-0.39, 0.29) is 7.92 Å². The van der Waals surface area contributed by atoms with Gasteiger partial charge < -0.3 is 5.32 Å². The van der Waals surface area contributed by atoms with E-state index in [9.17, 15) is 0 Å². The number of piperidine rings is 1. The lowest BCUT2D eigenvalue weighted by atomic mass is 10.0. The fraction of sp³-hybridized carbons (Fsp3) is 0.368. The summed E-state index contributed by atoms with van der Waals surface area (Å²) in [4.78, 5) is 0. The zero-order chi connectivity index (χ0) is 14.1. The van der Waals surface area contributed by atoms with Crippen LogP contribution in [0.3, 0.4) is 0 Å². The minimum Gasteiger partial charge on any atom is -0.311 e. The van der Waals surface area contributed by atoms with Crippen LogP contribution in [-0.2, 0) is 0 Å². The van der Waals surface area contributed by atoms with Crippen LogP contribution in [0, 0.1) is 5.92 Å². The molecule has 0 unspecified atom stereocenters. The van der Waals surface area contributed by atoms with Gasteiger partial charge in [-0.3, -0.25) is 0 Å². The molecule has 1 saturated heterocycles. The summed E-state index contributed by atoms with van der Waals surface area (Å²) in [6.45, 7) is 0. The van der Waals surface area contributed by atoms with Gasteiger partial charge in [0.15, 0.2) is 0 Å². The van der Waals surface area contributed by atoms with E-state index in [4.69, 9.17) is 0 Å². The number of hydrogen-bond donors (Lipinski definition) is 1. The molecule has 3 atom stereocenters. The van der Waals surface area contributed by atoms with Gasteiger partial charge in [-0.05, 0) is 49.9 Å². The van der Waals surface area contributed by atoms with Crippen LogP contribution in [-0.4, -0.2) is 18.2 Å². The Morgan fingerprint density at radius 2 is 1.48 bits per heavy atom. The van der Waals surface area contributed by atoms with Crippen molar-refractivity contribution in [3.63, 3.8) is 0 Å². The fourth-order valence-corrected chi connectivity index (χ4v) is 6.53. The van der Waals surface area contributed by atoms with E-state index >= 15 is 0 Å². The van der Waals surface area contributed by atoms with Crippen molar-refractivity contribution in [2.45, 2.75) is 31.3 Å². The summed E-state index contributed by atoms with van der Waals surface area (Å²) in [6.07, 6.45) is 5.55. The van der Waals surface area contributed by atoms with Gasteiger partial charge in [-0.2, -0.15) is 0 Å². The largest absolute Gasteiger partial charge is 0.311 e. The molecule has 1 nitrogen and oxygen atoms in total. The van der Waals surface area contributed by atoms with Crippen LogP contribution in [0.5, 0.6) is 0 Å². The van der Waals surface area contributed by atoms with Crippen LogP contribution in [0.15, 0.2) is 60.7 Å². The van der Waals surface area contributed by atoms with Gasteiger partial charge in [0.05, 0.1) is 0 Å². The molecular weight excluding hydrogens is 273 g/mol. The number of fused-ring (bicyclic) bond motifs is 2. The summed E-state index contributed by atoms with van der Waals surface area (Å²) in [5.74, 6) is 0.924. The molecule has 2 aromatic carbocycles. The average Bonchev–Trinajstić information content (AvgIpc) is 3.17. The predicted octanol–water partition coefficient (Wildman–Crippen LogP) is 3.26. The number of hydrogen-bond acceptors (Lipinski definition) is 1. The van der Waals surface area contributed by atoms with Crippen molar-refractivity contribution < 1.29 is 0 Å². The van der Waals surface area contributed by atoms with Crippen molar-refractivity contribution in [3.05, 3.63) is 60.7 Å². The van der Waals surface area contributed by atoms with Crippen LogP contribution < -0.4 is 15.9 Å². The van der Waals surface area contributed by atoms with E-state index in [1.54, 1.807) is 0 Å². The Kier molecular flexibility index (Phi) is 3.80. The molecule has 1 N–H and O–H groups in total. The molecule has 2 heteroatoms. The van der Waals surface area contributed by atoms with Gasteiger partial charge in [0, 0.05) is 12.1 Å². The summed E-state index contributed by atoms with van der Waals surface area (Å²) < 4.78 is 0. The summed E-state index contributed by atoms with van der Waals surface area (Å²) in [5.41, 5.74) is 0. The molecule has 0 aromatic heterocycles. The van der Waals surface area contributed by atoms with E-state index in [0.29, 0.717) is 0 Å². The van der Waals surface area contributed by atoms with E-state index in [0.717, 1.165) is 18.0 Å². The first kappa shape index (κ1) is 13.5. The van der Waals surface area contributed by atoms with Crippen LogP contribution in [0.2, 0.25) is 0 Å². The maximum absolute atomic E-state index is 3.88. The molecule has 1 saturated carbocycles. The van der Waals surface area contributed by atoms with Crippen molar-refractivity contribution in [1.82, 2.24) is 5.32 Å². The van der Waals surface area contributed by atoms with Crippen LogP contribution in [0.1, 0.15) is 19.3 Å². The Labute approximate surface area is 128 Å². The van der Waals surface area contributed by atoms with Crippen LogP contribution in [0.4, 0.5) is 0 Å². The van der Waals surface area contributed by atoms with E-state index in [2.05, 4.69) is 66.0 Å². The minimum atomic E-state index is -0.236. The molecule has 108 valence electrons. The third kappa shape index (κ3) is 2.78. The van der Waals surface area contributed by atoms with Gasteiger partial charge >= 0.3 is 0 Å². The van der Waals surface area contributed by atoms with Gasteiger partial charge in [0.1, 0.15) is 0 Å². The topological polar surface area (TPSA) is 12.0 Å². The smallest absolute Gasteiger partial charge is 0.0144 e. The molecule has 1 aliphatic heterocycles. The lowest BCUT2D eigenvalue weighted by Crippen LogP contribution is -2.39. The summed E-state index contributed by atoms with van der Waals surface area (Å²) in [6, 6.07) is 23.8. The molecule has 0 amide bonds. The summed E-state index contributed by atoms with van der Waals surface area (Å²) in [7, 11) is -0.236. The van der Waals surface area contributed by atoms with Crippen molar-refractivity contribution in [3.8, 4) is 0 Å². The fourth-order valence-electron chi connectivity index (χ4n) is 3.95. The number of rotatable bonds is 4. The van der Waals surface area contributed by atoms with Gasteiger partial charge in [-0.15, -0.1) is 0 Å². The quantitative estimate of drug-likeness (QED) is 0.854. The van der Waals surface area contributed by atoms with Gasteiger partial charge in [0.2, 0.25) is 0 Å². The van der Waals surface area contributed by atoms with Gasteiger partial charge in [-0.25, -0.2) is 0 Å². The molecule has 0 spiro atoms. The molecule has 0 radical (unpaired) electrons. The molecule has 1 aliphatic carbocycles. The maximum Gasteiger partial charge on any atom is 0.0144 e. The van der Waals surface area contributed by atoms with Crippen molar-refractivity contribution in [2.24, 2.45) is 5.92 Å². The second kappa shape index (κ2) is 5.91. The minimum absolute atomic E-state index is 0.236. The molecule has 2 aromatic rings. The van der Waals surface area contributed by atoms with Crippen molar-refractivity contribution >= 4 is 18.5 Å². The zero-order valence-corrected chi connectivity index (χ0v) is 13.2. The highest BCUT2D eigenvalue weighted by atomic mass is 31.1. The Morgan fingerprint density at radius 3 is 1.95 bits per heavy atom. The third-order valence-electron chi connectivity index (χ3n) is 5.01. The highest BCUT2D eigenvalue weighted by Gasteiger charge is 2.40. The highest BCUT2D eigenvalue weighted by Crippen LogP contribution is 2.42. The lowest BCUT2D eigenvalue weighted by Gasteiger charge is -2.28. The maximum atomic E-state index is 3.88. The monoisotopic (exact) mass is 295 g/mol. The SMILES string of the molecule is c1ccc(P(C[C@H]2N[C@@H]3CC[C@H]2C3)c2ccccc2)cc1. The van der Waals surface area contributed by atoms with Gasteiger partial charge in [0.25, 0.3) is 0 Å². The lowest BCUT2D eigenvalue weighted by molar-refractivity contribution is 0.409. The molecule has 2 aliphatic rings. The Bertz CT molecular complexity index is 544. The summed E-state index contributed by atoms with van der Waals surface area (Å²) in [5, 5.41) is 6.91. The second-order valence-electron chi connectivity index (χ2n) is 6.32. The molecule has 2 fully saturated rings. The molecular formula is C19H22NP.